The fraction of sp³-hybridized carbons (Fsp3) is 0.571. The zero-order valence-corrected chi connectivity index (χ0v) is 10.2. The molecule has 3 heteroatoms. The predicted molar refractivity (Wildman–Crippen MR) is 65.6 cm³/mol. The van der Waals surface area contributed by atoms with Crippen LogP contribution in [0.2, 0.25) is 0 Å². The van der Waals surface area contributed by atoms with Gasteiger partial charge >= 0.3 is 0 Å². The summed E-state index contributed by atoms with van der Waals surface area (Å²) < 4.78 is 5.63. The van der Waals surface area contributed by atoms with Gasteiger partial charge in [0.25, 0.3) is 0 Å². The van der Waals surface area contributed by atoms with Gasteiger partial charge in [-0.3, -0.25) is 4.90 Å². The molecule has 0 saturated carbocycles. The van der Waals surface area contributed by atoms with Crippen LogP contribution in [0, 0.1) is 0 Å². The molecule has 2 aliphatic heterocycles. The SMILES string of the molecule is CC(c1ccc(CO)cc1)N1CC2CC1CO2. The summed E-state index contributed by atoms with van der Waals surface area (Å²) >= 11 is 0. The molecule has 0 amide bonds. The molecule has 2 bridgehead atoms. The van der Waals surface area contributed by atoms with Crippen molar-refractivity contribution in [2.24, 2.45) is 0 Å². The quantitative estimate of drug-likeness (QED) is 0.862. The van der Waals surface area contributed by atoms with Crippen molar-refractivity contribution in [3.05, 3.63) is 35.4 Å². The maximum Gasteiger partial charge on any atom is 0.0718 e. The fourth-order valence-electron chi connectivity index (χ4n) is 3.00. The first-order valence-corrected chi connectivity index (χ1v) is 6.35. The molecule has 0 aromatic heterocycles. The Balaban J connectivity index is 1.74. The van der Waals surface area contributed by atoms with Gasteiger partial charge in [0.2, 0.25) is 0 Å². The second kappa shape index (κ2) is 4.41. The van der Waals surface area contributed by atoms with E-state index in [1.807, 2.05) is 12.1 Å². The molecule has 2 saturated heterocycles. The van der Waals surface area contributed by atoms with E-state index in [0.717, 1.165) is 18.7 Å². The minimum absolute atomic E-state index is 0.122. The number of morpholine rings is 1. The average molecular weight is 233 g/mol. The van der Waals surface area contributed by atoms with Crippen LogP contribution < -0.4 is 0 Å². The lowest BCUT2D eigenvalue weighted by Crippen LogP contribution is -2.38. The number of nitrogens with zero attached hydrogens (tertiary/aromatic N) is 1. The number of likely N-dealkylation sites (tertiary alicyclic amines) is 1. The maximum absolute atomic E-state index is 9.04. The molecule has 1 aromatic carbocycles. The summed E-state index contributed by atoms with van der Waals surface area (Å²) in [6.45, 7) is 4.34. The highest BCUT2D eigenvalue weighted by Crippen LogP contribution is 2.34. The molecule has 0 spiro atoms. The van der Waals surface area contributed by atoms with Crippen LogP contribution in [0.1, 0.15) is 30.5 Å². The molecule has 3 atom stereocenters. The van der Waals surface area contributed by atoms with Gasteiger partial charge in [0.05, 0.1) is 19.3 Å². The second-order valence-corrected chi connectivity index (χ2v) is 5.12. The first-order valence-electron chi connectivity index (χ1n) is 6.35. The van der Waals surface area contributed by atoms with E-state index in [-0.39, 0.29) is 6.61 Å². The number of aliphatic hydroxyl groups excluding tert-OH is 1. The molecule has 3 rings (SSSR count). The summed E-state index contributed by atoms with van der Waals surface area (Å²) in [6.07, 6.45) is 1.65. The Labute approximate surface area is 102 Å². The van der Waals surface area contributed by atoms with Crippen molar-refractivity contribution in [3.63, 3.8) is 0 Å². The van der Waals surface area contributed by atoms with Gasteiger partial charge in [-0.05, 0) is 24.5 Å². The molecular weight excluding hydrogens is 214 g/mol. The lowest BCUT2D eigenvalue weighted by Gasteiger charge is -2.32. The van der Waals surface area contributed by atoms with Crippen molar-refractivity contribution in [2.45, 2.75) is 38.1 Å². The molecule has 2 aliphatic rings. The molecule has 3 nitrogen and oxygen atoms in total. The van der Waals surface area contributed by atoms with E-state index in [1.54, 1.807) is 0 Å². The Hall–Kier alpha value is -0.900. The van der Waals surface area contributed by atoms with Gasteiger partial charge in [0.1, 0.15) is 0 Å². The number of rotatable bonds is 3. The van der Waals surface area contributed by atoms with Crippen LogP contribution in [0.15, 0.2) is 24.3 Å². The van der Waals surface area contributed by atoms with Gasteiger partial charge in [-0.25, -0.2) is 0 Å². The minimum atomic E-state index is 0.122. The number of hydrogen-bond donors (Lipinski definition) is 1. The summed E-state index contributed by atoms with van der Waals surface area (Å²) in [5, 5.41) is 9.04. The van der Waals surface area contributed by atoms with E-state index in [1.165, 1.54) is 12.0 Å². The van der Waals surface area contributed by atoms with Gasteiger partial charge in [-0.1, -0.05) is 24.3 Å². The number of aliphatic hydroxyl groups is 1. The summed E-state index contributed by atoms with van der Waals surface area (Å²) in [5.41, 5.74) is 2.31. The van der Waals surface area contributed by atoms with E-state index in [2.05, 4.69) is 24.0 Å². The summed E-state index contributed by atoms with van der Waals surface area (Å²) in [4.78, 5) is 2.54. The number of fused-ring (bicyclic) bond motifs is 2. The molecule has 17 heavy (non-hydrogen) atoms. The van der Waals surface area contributed by atoms with E-state index in [9.17, 15) is 0 Å². The molecule has 2 fully saturated rings. The Bertz CT molecular complexity index is 390. The van der Waals surface area contributed by atoms with Crippen molar-refractivity contribution < 1.29 is 9.84 Å². The van der Waals surface area contributed by atoms with Crippen LogP contribution >= 0.6 is 0 Å². The zero-order chi connectivity index (χ0) is 11.8. The molecule has 0 radical (unpaired) electrons. The van der Waals surface area contributed by atoms with Crippen LogP contribution in [0.25, 0.3) is 0 Å². The fourth-order valence-corrected chi connectivity index (χ4v) is 3.00. The van der Waals surface area contributed by atoms with Crippen LogP contribution in [0.4, 0.5) is 0 Å². The van der Waals surface area contributed by atoms with Crippen molar-refractivity contribution in [3.8, 4) is 0 Å². The average Bonchev–Trinajstić information content (AvgIpc) is 3.00. The van der Waals surface area contributed by atoms with Gasteiger partial charge in [0, 0.05) is 18.6 Å². The molecule has 1 aromatic rings. The topological polar surface area (TPSA) is 32.7 Å². The van der Waals surface area contributed by atoms with Crippen LogP contribution in [0.3, 0.4) is 0 Å². The smallest absolute Gasteiger partial charge is 0.0718 e. The van der Waals surface area contributed by atoms with Crippen molar-refractivity contribution in [1.82, 2.24) is 4.90 Å². The molecule has 1 N–H and O–H groups in total. The van der Waals surface area contributed by atoms with Crippen LogP contribution in [-0.4, -0.2) is 35.3 Å². The second-order valence-electron chi connectivity index (χ2n) is 5.12. The number of ether oxygens (including phenoxy) is 1. The van der Waals surface area contributed by atoms with Crippen molar-refractivity contribution >= 4 is 0 Å². The minimum Gasteiger partial charge on any atom is -0.392 e. The maximum atomic E-state index is 9.04. The highest BCUT2D eigenvalue weighted by molar-refractivity contribution is 5.25. The first kappa shape index (κ1) is 11.2. The third-order valence-corrected chi connectivity index (χ3v) is 4.08. The van der Waals surface area contributed by atoms with Crippen LogP contribution in [-0.2, 0) is 11.3 Å². The molecular formula is C14H19NO2. The van der Waals surface area contributed by atoms with Gasteiger partial charge in [0.15, 0.2) is 0 Å². The highest BCUT2D eigenvalue weighted by Gasteiger charge is 2.41. The third-order valence-electron chi connectivity index (χ3n) is 4.08. The summed E-state index contributed by atoms with van der Waals surface area (Å²) in [6, 6.07) is 9.33. The summed E-state index contributed by atoms with van der Waals surface area (Å²) in [5.74, 6) is 0. The monoisotopic (exact) mass is 233 g/mol. The lowest BCUT2D eigenvalue weighted by molar-refractivity contribution is 0.0143. The van der Waals surface area contributed by atoms with Gasteiger partial charge < -0.3 is 9.84 Å². The Morgan fingerprint density at radius 2 is 2.18 bits per heavy atom. The summed E-state index contributed by atoms with van der Waals surface area (Å²) in [7, 11) is 0. The van der Waals surface area contributed by atoms with E-state index >= 15 is 0 Å². The normalized spacial score (nSPS) is 29.8. The van der Waals surface area contributed by atoms with Gasteiger partial charge in [-0.2, -0.15) is 0 Å². The first-order chi connectivity index (χ1) is 8.28. The zero-order valence-electron chi connectivity index (χ0n) is 10.2. The largest absolute Gasteiger partial charge is 0.392 e. The van der Waals surface area contributed by atoms with E-state index < -0.39 is 0 Å². The number of hydrogen-bond acceptors (Lipinski definition) is 3. The molecule has 2 heterocycles. The number of benzene rings is 1. The standard InChI is InChI=1S/C14H19NO2/c1-10(12-4-2-11(8-16)3-5-12)15-7-14-6-13(15)9-17-14/h2-5,10,13-14,16H,6-9H2,1H3. The predicted octanol–water partition coefficient (Wildman–Crippen LogP) is 1.71. The lowest BCUT2D eigenvalue weighted by atomic mass is 10.0. The Kier molecular flexibility index (Phi) is 2.90. The molecule has 92 valence electrons. The highest BCUT2D eigenvalue weighted by atomic mass is 16.5. The van der Waals surface area contributed by atoms with Gasteiger partial charge in [-0.15, -0.1) is 0 Å². The Morgan fingerprint density at radius 1 is 1.41 bits per heavy atom. The van der Waals surface area contributed by atoms with E-state index in [0.29, 0.717) is 18.2 Å². The van der Waals surface area contributed by atoms with Crippen LogP contribution in [0.5, 0.6) is 0 Å². The Morgan fingerprint density at radius 3 is 2.71 bits per heavy atom. The molecule has 3 unspecified atom stereocenters. The van der Waals surface area contributed by atoms with E-state index in [4.69, 9.17) is 9.84 Å². The van der Waals surface area contributed by atoms with Crippen molar-refractivity contribution in [1.29, 1.82) is 0 Å². The molecule has 0 aliphatic carbocycles. The third kappa shape index (κ3) is 1.99. The van der Waals surface area contributed by atoms with Crippen molar-refractivity contribution in [2.75, 3.05) is 13.2 Å².